The van der Waals surface area contributed by atoms with Crippen LogP contribution in [0.2, 0.25) is 0 Å². The predicted molar refractivity (Wildman–Crippen MR) is 107 cm³/mol. The summed E-state index contributed by atoms with van der Waals surface area (Å²) in [5.74, 6) is -0.399. The molecule has 7 heteroatoms. The Morgan fingerprint density at radius 3 is 2.56 bits per heavy atom. The van der Waals surface area contributed by atoms with Gasteiger partial charge >= 0.3 is 0 Å². The minimum Gasteiger partial charge on any atom is -0.268 e. The van der Waals surface area contributed by atoms with Crippen LogP contribution in [0.3, 0.4) is 0 Å². The fourth-order valence-corrected chi connectivity index (χ4v) is 3.57. The Morgan fingerprint density at radius 1 is 1.11 bits per heavy atom. The molecule has 6 nitrogen and oxygen atoms in total. The second-order valence-corrected chi connectivity index (χ2v) is 7.00. The van der Waals surface area contributed by atoms with Crippen molar-refractivity contribution in [2.24, 2.45) is 0 Å². The Labute approximate surface area is 160 Å². The number of anilines is 1. The molecule has 27 heavy (non-hydrogen) atoms. The minimum absolute atomic E-state index is 0.0227. The number of aryl methyl sites for hydroxylation is 2. The van der Waals surface area contributed by atoms with Crippen LogP contribution >= 0.6 is 11.8 Å². The van der Waals surface area contributed by atoms with E-state index in [9.17, 15) is 19.7 Å². The normalized spacial score (nSPS) is 15.9. The molecule has 0 saturated carbocycles. The molecule has 0 radical (unpaired) electrons. The summed E-state index contributed by atoms with van der Waals surface area (Å²) in [6.07, 6.45) is 4.59. The van der Waals surface area contributed by atoms with E-state index in [4.69, 9.17) is 0 Å². The first-order valence-corrected chi connectivity index (χ1v) is 8.95. The molecule has 1 fully saturated rings. The third kappa shape index (κ3) is 3.83. The van der Waals surface area contributed by atoms with Crippen LogP contribution in [0.25, 0.3) is 6.08 Å². The van der Waals surface area contributed by atoms with Crippen LogP contribution in [-0.2, 0) is 4.79 Å². The maximum atomic E-state index is 12.6. The Bertz CT molecular complexity index is 1010. The number of thioether (sulfide) groups is 1. The molecule has 2 aromatic rings. The van der Waals surface area contributed by atoms with E-state index in [1.165, 1.54) is 12.1 Å². The van der Waals surface area contributed by atoms with E-state index in [1.807, 2.05) is 26.0 Å². The van der Waals surface area contributed by atoms with Gasteiger partial charge in [-0.05, 0) is 55.5 Å². The highest BCUT2D eigenvalue weighted by Gasteiger charge is 2.36. The number of carbonyl (C=O) groups excluding carboxylic acids is 2. The number of nitro groups is 1. The molecule has 1 aliphatic heterocycles. The summed E-state index contributed by atoms with van der Waals surface area (Å²) in [5, 5.41) is 10.7. The summed E-state index contributed by atoms with van der Waals surface area (Å²) in [4.78, 5) is 37.0. The van der Waals surface area contributed by atoms with Gasteiger partial charge in [0.2, 0.25) is 0 Å². The van der Waals surface area contributed by atoms with Crippen LogP contribution < -0.4 is 4.90 Å². The molecule has 1 saturated heterocycles. The van der Waals surface area contributed by atoms with Gasteiger partial charge in [-0.25, -0.2) is 4.90 Å². The second kappa shape index (κ2) is 7.59. The number of para-hydroxylation sites is 1. The number of nitro benzene ring substituents is 1. The van der Waals surface area contributed by atoms with Gasteiger partial charge in [0.05, 0.1) is 21.1 Å². The van der Waals surface area contributed by atoms with Crippen LogP contribution in [0, 0.1) is 24.0 Å². The van der Waals surface area contributed by atoms with Crippen LogP contribution in [0.1, 0.15) is 16.7 Å². The standard InChI is InChI=1S/C20H16N2O4S/c1-13-10-11-16(14(2)12-13)21-19(23)18(27-20(21)24)9-5-7-15-6-3-4-8-17(15)22(25)26/h3-12H,1-2H3/b7-5+,18-9-. The van der Waals surface area contributed by atoms with Gasteiger partial charge in [0.1, 0.15) is 0 Å². The summed E-state index contributed by atoms with van der Waals surface area (Å²) in [6, 6.07) is 11.8. The first-order valence-electron chi connectivity index (χ1n) is 8.14. The molecule has 0 aromatic heterocycles. The molecule has 0 aliphatic carbocycles. The van der Waals surface area contributed by atoms with Crippen molar-refractivity contribution in [3.63, 3.8) is 0 Å². The van der Waals surface area contributed by atoms with Gasteiger partial charge in [-0.1, -0.05) is 35.9 Å². The van der Waals surface area contributed by atoms with E-state index in [1.54, 1.807) is 36.4 Å². The summed E-state index contributed by atoms with van der Waals surface area (Å²) in [7, 11) is 0. The Kier molecular flexibility index (Phi) is 5.23. The van der Waals surface area contributed by atoms with Gasteiger partial charge in [0.15, 0.2) is 0 Å². The lowest BCUT2D eigenvalue weighted by atomic mass is 10.1. The average Bonchev–Trinajstić information content (AvgIpc) is 2.89. The van der Waals surface area contributed by atoms with Crippen molar-refractivity contribution in [1.29, 1.82) is 0 Å². The van der Waals surface area contributed by atoms with Crippen molar-refractivity contribution in [2.75, 3.05) is 4.90 Å². The first-order chi connectivity index (χ1) is 12.9. The number of benzene rings is 2. The zero-order valence-electron chi connectivity index (χ0n) is 14.7. The van der Waals surface area contributed by atoms with Gasteiger partial charge in [0.25, 0.3) is 16.8 Å². The zero-order chi connectivity index (χ0) is 19.6. The summed E-state index contributed by atoms with van der Waals surface area (Å²) >= 11 is 0.849. The number of carbonyl (C=O) groups is 2. The number of hydrogen-bond donors (Lipinski definition) is 0. The molecular formula is C20H16N2O4S. The Hall–Kier alpha value is -3.19. The lowest BCUT2D eigenvalue weighted by molar-refractivity contribution is -0.385. The molecule has 136 valence electrons. The van der Waals surface area contributed by atoms with Crippen LogP contribution in [0.15, 0.2) is 59.5 Å². The fraction of sp³-hybridized carbons (Fsp3) is 0.100. The SMILES string of the molecule is Cc1ccc(N2C(=O)S/C(=C\C=C\c3ccccc3[N+](=O)[O-])C2=O)c(C)c1. The van der Waals surface area contributed by atoms with Crippen LogP contribution in [-0.4, -0.2) is 16.1 Å². The number of allylic oxidation sites excluding steroid dienone is 2. The minimum atomic E-state index is -0.465. The van der Waals surface area contributed by atoms with Crippen LogP contribution in [0.4, 0.5) is 16.2 Å². The van der Waals surface area contributed by atoms with Crippen molar-refractivity contribution in [3.05, 3.63) is 86.3 Å². The molecule has 1 heterocycles. The first kappa shape index (κ1) is 18.6. The van der Waals surface area contributed by atoms with E-state index in [0.717, 1.165) is 27.8 Å². The van der Waals surface area contributed by atoms with E-state index in [0.29, 0.717) is 11.3 Å². The smallest absolute Gasteiger partial charge is 0.268 e. The molecule has 3 rings (SSSR count). The largest absolute Gasteiger partial charge is 0.298 e. The molecule has 0 N–H and O–H groups in total. The van der Waals surface area contributed by atoms with Gasteiger partial charge < -0.3 is 0 Å². The fourth-order valence-electron chi connectivity index (χ4n) is 2.78. The van der Waals surface area contributed by atoms with E-state index in [-0.39, 0.29) is 15.8 Å². The lowest BCUT2D eigenvalue weighted by Gasteiger charge is -2.15. The maximum absolute atomic E-state index is 12.6. The van der Waals surface area contributed by atoms with Crippen LogP contribution in [0.5, 0.6) is 0 Å². The number of rotatable bonds is 4. The number of imide groups is 1. The number of amides is 2. The van der Waals surface area contributed by atoms with E-state index < -0.39 is 10.8 Å². The van der Waals surface area contributed by atoms with Crippen molar-refractivity contribution in [1.82, 2.24) is 0 Å². The lowest BCUT2D eigenvalue weighted by Crippen LogP contribution is -2.28. The zero-order valence-corrected chi connectivity index (χ0v) is 15.5. The molecule has 0 bridgehead atoms. The quantitative estimate of drug-likeness (QED) is 0.423. The molecule has 0 atom stereocenters. The van der Waals surface area contributed by atoms with Gasteiger partial charge in [-0.15, -0.1) is 0 Å². The summed E-state index contributed by atoms with van der Waals surface area (Å²) in [5.41, 5.74) is 2.85. The molecule has 2 aromatic carbocycles. The third-order valence-electron chi connectivity index (χ3n) is 4.04. The van der Waals surface area contributed by atoms with Gasteiger partial charge in [-0.2, -0.15) is 0 Å². The summed E-state index contributed by atoms with van der Waals surface area (Å²) < 4.78 is 0. The molecule has 1 aliphatic rings. The topological polar surface area (TPSA) is 80.5 Å². The van der Waals surface area contributed by atoms with E-state index in [2.05, 4.69) is 0 Å². The van der Waals surface area contributed by atoms with Gasteiger partial charge in [0, 0.05) is 6.07 Å². The van der Waals surface area contributed by atoms with Crippen molar-refractivity contribution < 1.29 is 14.5 Å². The monoisotopic (exact) mass is 380 g/mol. The van der Waals surface area contributed by atoms with Gasteiger partial charge in [-0.3, -0.25) is 19.7 Å². The number of hydrogen-bond acceptors (Lipinski definition) is 5. The maximum Gasteiger partial charge on any atom is 0.298 e. The van der Waals surface area contributed by atoms with Crippen molar-refractivity contribution in [3.8, 4) is 0 Å². The number of nitrogens with zero attached hydrogens (tertiary/aromatic N) is 2. The molecule has 0 spiro atoms. The highest BCUT2D eigenvalue weighted by atomic mass is 32.2. The second-order valence-electron chi connectivity index (χ2n) is 6.00. The summed E-state index contributed by atoms with van der Waals surface area (Å²) in [6.45, 7) is 3.79. The highest BCUT2D eigenvalue weighted by Crippen LogP contribution is 2.36. The van der Waals surface area contributed by atoms with E-state index >= 15 is 0 Å². The molecule has 0 unspecified atom stereocenters. The van der Waals surface area contributed by atoms with Crippen molar-refractivity contribution >= 4 is 40.4 Å². The van der Waals surface area contributed by atoms with Crippen molar-refractivity contribution in [2.45, 2.75) is 13.8 Å². The average molecular weight is 380 g/mol. The Balaban J connectivity index is 1.86. The predicted octanol–water partition coefficient (Wildman–Crippen LogP) is 5.01. The highest BCUT2D eigenvalue weighted by molar-refractivity contribution is 8.18. The molecule has 2 amide bonds. The Morgan fingerprint density at radius 2 is 1.85 bits per heavy atom. The third-order valence-corrected chi connectivity index (χ3v) is 4.93. The molecular weight excluding hydrogens is 364 g/mol.